The summed E-state index contributed by atoms with van der Waals surface area (Å²) in [5.41, 5.74) is 5.38. The van der Waals surface area contributed by atoms with Crippen molar-refractivity contribution in [2.45, 2.75) is 20.8 Å². The van der Waals surface area contributed by atoms with Crippen molar-refractivity contribution in [2.24, 2.45) is 0 Å². The molecule has 0 atom stereocenters. The molecular weight excluding hydrogens is 246 g/mol. The van der Waals surface area contributed by atoms with Crippen LogP contribution in [0.3, 0.4) is 0 Å². The molecule has 1 heterocycles. The van der Waals surface area contributed by atoms with Crippen LogP contribution in [-0.2, 0) is 0 Å². The van der Waals surface area contributed by atoms with E-state index in [-0.39, 0.29) is 0 Å². The van der Waals surface area contributed by atoms with Gasteiger partial charge in [-0.2, -0.15) is 0 Å². The first-order valence-corrected chi connectivity index (χ1v) is 6.71. The van der Waals surface area contributed by atoms with Gasteiger partial charge in [0.1, 0.15) is 5.75 Å². The molecule has 2 heteroatoms. The Morgan fingerprint density at radius 1 is 0.850 bits per heavy atom. The van der Waals surface area contributed by atoms with Crippen LogP contribution in [0.5, 0.6) is 5.75 Å². The minimum atomic E-state index is 0.383. The van der Waals surface area contributed by atoms with E-state index in [9.17, 15) is 5.11 Å². The Labute approximate surface area is 118 Å². The second-order valence-electron chi connectivity index (χ2n) is 5.35. The van der Waals surface area contributed by atoms with E-state index < -0.39 is 0 Å². The number of hydrogen-bond donors (Lipinski definition) is 1. The summed E-state index contributed by atoms with van der Waals surface area (Å²) in [6.45, 7) is 5.99. The van der Waals surface area contributed by atoms with Crippen molar-refractivity contribution >= 4 is 10.8 Å². The van der Waals surface area contributed by atoms with Gasteiger partial charge in [0, 0.05) is 17.8 Å². The minimum Gasteiger partial charge on any atom is -0.507 e. The number of nitrogens with zero attached hydrogens (tertiary/aromatic N) is 1. The first-order chi connectivity index (χ1) is 9.56. The first kappa shape index (κ1) is 12.7. The van der Waals surface area contributed by atoms with Crippen LogP contribution in [0.4, 0.5) is 0 Å². The summed E-state index contributed by atoms with van der Waals surface area (Å²) >= 11 is 0. The normalized spacial score (nSPS) is 10.9. The number of aromatic nitrogens is 1. The van der Waals surface area contributed by atoms with Gasteiger partial charge in [-0.3, -0.25) is 4.98 Å². The average molecular weight is 263 g/mol. The number of phenolic OH excluding ortho intramolecular Hbond substituents is 1. The Morgan fingerprint density at radius 3 is 2.25 bits per heavy atom. The molecular formula is C18H17NO. The fourth-order valence-electron chi connectivity index (χ4n) is 2.67. The molecule has 2 aromatic carbocycles. The number of aromatic hydroxyl groups is 1. The lowest BCUT2D eigenvalue weighted by Crippen LogP contribution is -1.88. The Balaban J connectivity index is 2.26. The maximum Gasteiger partial charge on any atom is 0.121 e. The maximum atomic E-state index is 9.91. The molecule has 0 bridgehead atoms. The molecule has 3 aromatic rings. The lowest BCUT2D eigenvalue weighted by atomic mass is 9.94. The highest BCUT2D eigenvalue weighted by Gasteiger charge is 2.08. The molecule has 0 spiro atoms. The van der Waals surface area contributed by atoms with Crippen LogP contribution < -0.4 is 0 Å². The van der Waals surface area contributed by atoms with Crippen molar-refractivity contribution in [3.63, 3.8) is 0 Å². The Kier molecular flexibility index (Phi) is 2.94. The van der Waals surface area contributed by atoms with E-state index in [1.807, 2.05) is 44.4 Å². The van der Waals surface area contributed by atoms with Crippen molar-refractivity contribution in [1.29, 1.82) is 0 Å². The first-order valence-electron chi connectivity index (χ1n) is 6.71. The number of hydrogen-bond acceptors (Lipinski definition) is 2. The average Bonchev–Trinajstić information content (AvgIpc) is 2.43. The predicted octanol–water partition coefficient (Wildman–Crippen LogP) is 4.53. The summed E-state index contributed by atoms with van der Waals surface area (Å²) in [4.78, 5) is 4.19. The molecule has 1 aromatic heterocycles. The van der Waals surface area contributed by atoms with Crippen molar-refractivity contribution in [3.8, 4) is 16.9 Å². The van der Waals surface area contributed by atoms with Gasteiger partial charge in [0.25, 0.3) is 0 Å². The quantitative estimate of drug-likeness (QED) is 0.699. The van der Waals surface area contributed by atoms with Gasteiger partial charge in [0.2, 0.25) is 0 Å². The van der Waals surface area contributed by atoms with Crippen LogP contribution >= 0.6 is 0 Å². The van der Waals surface area contributed by atoms with Crippen LogP contribution in [0.1, 0.15) is 16.7 Å². The number of benzene rings is 2. The molecule has 0 radical (unpaired) electrons. The van der Waals surface area contributed by atoms with E-state index in [4.69, 9.17) is 0 Å². The molecule has 0 fully saturated rings. The number of pyridine rings is 1. The van der Waals surface area contributed by atoms with Gasteiger partial charge in [0.05, 0.1) is 0 Å². The van der Waals surface area contributed by atoms with Crippen molar-refractivity contribution in [1.82, 2.24) is 4.98 Å². The standard InChI is InChI=1S/C18H17NO/c1-11-6-14-4-5-19-10-16(14)9-17(11)15-7-12(2)18(20)13(3)8-15/h4-10,20H,1-3H3. The molecule has 0 aliphatic heterocycles. The van der Waals surface area contributed by atoms with Crippen LogP contribution in [0.25, 0.3) is 21.9 Å². The summed E-state index contributed by atoms with van der Waals surface area (Å²) < 4.78 is 0. The highest BCUT2D eigenvalue weighted by atomic mass is 16.3. The Hall–Kier alpha value is -2.35. The van der Waals surface area contributed by atoms with Gasteiger partial charge in [-0.25, -0.2) is 0 Å². The topological polar surface area (TPSA) is 33.1 Å². The lowest BCUT2D eigenvalue weighted by molar-refractivity contribution is 0.467. The smallest absolute Gasteiger partial charge is 0.121 e. The van der Waals surface area contributed by atoms with Crippen LogP contribution in [0.15, 0.2) is 42.7 Å². The minimum absolute atomic E-state index is 0.383. The largest absolute Gasteiger partial charge is 0.507 e. The van der Waals surface area contributed by atoms with Crippen LogP contribution in [-0.4, -0.2) is 10.1 Å². The maximum absolute atomic E-state index is 9.91. The third-order valence-corrected chi connectivity index (χ3v) is 3.79. The molecule has 0 unspecified atom stereocenters. The summed E-state index contributed by atoms with van der Waals surface area (Å²) in [5, 5.41) is 12.2. The molecule has 2 nitrogen and oxygen atoms in total. The fourth-order valence-corrected chi connectivity index (χ4v) is 2.67. The number of phenols is 1. The van der Waals surface area contributed by atoms with Crippen LogP contribution in [0, 0.1) is 20.8 Å². The zero-order chi connectivity index (χ0) is 14.3. The molecule has 0 saturated heterocycles. The number of rotatable bonds is 1. The molecule has 0 saturated carbocycles. The number of fused-ring (bicyclic) bond motifs is 1. The molecule has 0 aliphatic rings. The molecule has 0 amide bonds. The lowest BCUT2D eigenvalue weighted by Gasteiger charge is -2.12. The molecule has 20 heavy (non-hydrogen) atoms. The summed E-state index contributed by atoms with van der Waals surface area (Å²) in [5.74, 6) is 0.383. The van der Waals surface area contributed by atoms with E-state index in [0.717, 1.165) is 22.1 Å². The highest BCUT2D eigenvalue weighted by Crippen LogP contribution is 2.32. The second kappa shape index (κ2) is 4.64. The molecule has 0 aliphatic carbocycles. The summed E-state index contributed by atoms with van der Waals surface area (Å²) in [6.07, 6.45) is 3.70. The monoisotopic (exact) mass is 263 g/mol. The zero-order valence-corrected chi connectivity index (χ0v) is 11.9. The molecule has 100 valence electrons. The van der Waals surface area contributed by atoms with Crippen molar-refractivity contribution < 1.29 is 5.11 Å². The third kappa shape index (κ3) is 2.03. The Bertz CT molecular complexity index is 783. The van der Waals surface area contributed by atoms with E-state index in [2.05, 4.69) is 24.0 Å². The third-order valence-electron chi connectivity index (χ3n) is 3.79. The van der Waals surface area contributed by atoms with E-state index >= 15 is 0 Å². The second-order valence-corrected chi connectivity index (χ2v) is 5.35. The van der Waals surface area contributed by atoms with E-state index in [0.29, 0.717) is 5.75 Å². The zero-order valence-electron chi connectivity index (χ0n) is 11.9. The van der Waals surface area contributed by atoms with Gasteiger partial charge >= 0.3 is 0 Å². The van der Waals surface area contributed by atoms with Crippen molar-refractivity contribution in [3.05, 3.63) is 59.4 Å². The fraction of sp³-hybridized carbons (Fsp3) is 0.167. The van der Waals surface area contributed by atoms with Crippen LogP contribution in [0.2, 0.25) is 0 Å². The highest BCUT2D eigenvalue weighted by molar-refractivity contribution is 5.88. The van der Waals surface area contributed by atoms with E-state index in [1.54, 1.807) is 0 Å². The Morgan fingerprint density at radius 2 is 1.55 bits per heavy atom. The van der Waals surface area contributed by atoms with Gasteiger partial charge in [0.15, 0.2) is 0 Å². The summed E-state index contributed by atoms with van der Waals surface area (Å²) in [6, 6.07) is 10.5. The van der Waals surface area contributed by atoms with Crippen molar-refractivity contribution in [2.75, 3.05) is 0 Å². The van der Waals surface area contributed by atoms with Gasteiger partial charge in [-0.05, 0) is 78.2 Å². The number of aryl methyl sites for hydroxylation is 3. The summed E-state index contributed by atoms with van der Waals surface area (Å²) in [7, 11) is 0. The van der Waals surface area contributed by atoms with Gasteiger partial charge in [-0.1, -0.05) is 6.07 Å². The van der Waals surface area contributed by atoms with Gasteiger partial charge < -0.3 is 5.11 Å². The SMILES string of the molecule is Cc1cc2ccncc2cc1-c1cc(C)c(O)c(C)c1. The molecule has 3 rings (SSSR count). The van der Waals surface area contributed by atoms with Gasteiger partial charge in [-0.15, -0.1) is 0 Å². The van der Waals surface area contributed by atoms with E-state index in [1.165, 1.54) is 16.5 Å². The molecule has 1 N–H and O–H groups in total. The predicted molar refractivity (Wildman–Crippen MR) is 83.1 cm³/mol.